The summed E-state index contributed by atoms with van der Waals surface area (Å²) < 4.78 is 0. The first kappa shape index (κ1) is 11.2. The summed E-state index contributed by atoms with van der Waals surface area (Å²) in [5.41, 5.74) is 7.88. The molecular formula is C10H14ClN. The molecule has 0 aliphatic rings. The van der Waals surface area contributed by atoms with Crippen LogP contribution in [0.5, 0.6) is 0 Å². The summed E-state index contributed by atoms with van der Waals surface area (Å²) in [5, 5.41) is 0. The molecule has 0 unspecified atom stereocenters. The number of hydrogen-bond donors (Lipinski definition) is 1. The van der Waals surface area contributed by atoms with E-state index in [1.807, 2.05) is 24.3 Å². The molecule has 0 amide bonds. The van der Waals surface area contributed by atoms with E-state index in [0.29, 0.717) is 6.54 Å². The third-order valence-electron chi connectivity index (χ3n) is 1.65. The van der Waals surface area contributed by atoms with E-state index in [1.54, 1.807) is 0 Å². The molecule has 0 spiro atoms. The van der Waals surface area contributed by atoms with Crippen LogP contribution in [0.1, 0.15) is 12.5 Å². The van der Waals surface area contributed by atoms with Crippen LogP contribution in [-0.4, -0.2) is 6.54 Å². The van der Waals surface area contributed by atoms with Gasteiger partial charge in [0.1, 0.15) is 0 Å². The van der Waals surface area contributed by atoms with Crippen LogP contribution in [0.3, 0.4) is 0 Å². The van der Waals surface area contributed by atoms with Crippen LogP contribution >= 0.6 is 12.4 Å². The number of allylic oxidation sites excluding steroid dienone is 1. The molecule has 0 heterocycles. The maximum absolute atomic E-state index is 5.39. The van der Waals surface area contributed by atoms with Crippen molar-refractivity contribution in [2.75, 3.05) is 6.54 Å². The second-order valence-electron chi connectivity index (χ2n) is 2.49. The van der Waals surface area contributed by atoms with Gasteiger partial charge in [-0.15, -0.1) is 12.4 Å². The van der Waals surface area contributed by atoms with Gasteiger partial charge in [-0.1, -0.05) is 36.4 Å². The Kier molecular flexibility index (Phi) is 5.43. The molecule has 0 aromatic heterocycles. The zero-order valence-electron chi connectivity index (χ0n) is 7.16. The van der Waals surface area contributed by atoms with Crippen molar-refractivity contribution in [2.45, 2.75) is 6.92 Å². The minimum absolute atomic E-state index is 0. The van der Waals surface area contributed by atoms with Gasteiger partial charge in [-0.2, -0.15) is 0 Å². The first-order valence-corrected chi connectivity index (χ1v) is 3.77. The molecule has 0 aliphatic carbocycles. The SMILES string of the molecule is CC(=CCN)c1ccccc1.Cl. The molecule has 2 N–H and O–H groups in total. The zero-order valence-corrected chi connectivity index (χ0v) is 7.97. The minimum atomic E-state index is 0. The van der Waals surface area contributed by atoms with Gasteiger partial charge in [0.25, 0.3) is 0 Å². The Morgan fingerprint density at radius 2 is 1.92 bits per heavy atom. The normalized spacial score (nSPS) is 10.7. The quantitative estimate of drug-likeness (QED) is 0.749. The van der Waals surface area contributed by atoms with E-state index in [2.05, 4.69) is 19.1 Å². The molecule has 0 aliphatic heterocycles. The van der Waals surface area contributed by atoms with Crippen molar-refractivity contribution in [2.24, 2.45) is 5.73 Å². The second kappa shape index (κ2) is 5.81. The van der Waals surface area contributed by atoms with Gasteiger partial charge in [-0.25, -0.2) is 0 Å². The lowest BCUT2D eigenvalue weighted by atomic mass is 10.1. The fourth-order valence-corrected chi connectivity index (χ4v) is 0.996. The van der Waals surface area contributed by atoms with Crippen molar-refractivity contribution in [3.63, 3.8) is 0 Å². The lowest BCUT2D eigenvalue weighted by molar-refractivity contribution is 1.25. The third-order valence-corrected chi connectivity index (χ3v) is 1.65. The highest BCUT2D eigenvalue weighted by Crippen LogP contribution is 2.11. The maximum Gasteiger partial charge on any atom is 0.0112 e. The average molecular weight is 184 g/mol. The number of halogens is 1. The Labute approximate surface area is 79.7 Å². The zero-order chi connectivity index (χ0) is 8.10. The van der Waals surface area contributed by atoms with Crippen LogP contribution in [0.15, 0.2) is 36.4 Å². The molecule has 66 valence electrons. The standard InChI is InChI=1S/C10H13N.ClH/c1-9(7-8-11)10-5-3-2-4-6-10;/h2-7H,8,11H2,1H3;1H. The highest BCUT2D eigenvalue weighted by Gasteiger charge is 1.90. The lowest BCUT2D eigenvalue weighted by Gasteiger charge is -1.98. The number of hydrogen-bond acceptors (Lipinski definition) is 1. The summed E-state index contributed by atoms with van der Waals surface area (Å²) in [6, 6.07) is 10.2. The molecule has 2 heteroatoms. The van der Waals surface area contributed by atoms with Crippen molar-refractivity contribution in [3.05, 3.63) is 42.0 Å². The number of benzene rings is 1. The Morgan fingerprint density at radius 3 is 2.42 bits per heavy atom. The van der Waals surface area contributed by atoms with Gasteiger partial charge in [0.2, 0.25) is 0 Å². The molecular weight excluding hydrogens is 170 g/mol. The largest absolute Gasteiger partial charge is 0.327 e. The van der Waals surface area contributed by atoms with E-state index >= 15 is 0 Å². The van der Waals surface area contributed by atoms with Gasteiger partial charge >= 0.3 is 0 Å². The summed E-state index contributed by atoms with van der Waals surface area (Å²) >= 11 is 0. The molecule has 1 nitrogen and oxygen atoms in total. The van der Waals surface area contributed by atoms with Gasteiger partial charge < -0.3 is 5.73 Å². The smallest absolute Gasteiger partial charge is 0.0112 e. The molecule has 0 saturated carbocycles. The van der Waals surface area contributed by atoms with Crippen molar-refractivity contribution in [3.8, 4) is 0 Å². The van der Waals surface area contributed by atoms with Gasteiger partial charge in [-0.05, 0) is 18.1 Å². The topological polar surface area (TPSA) is 26.0 Å². The Morgan fingerprint density at radius 1 is 1.33 bits per heavy atom. The fraction of sp³-hybridized carbons (Fsp3) is 0.200. The van der Waals surface area contributed by atoms with E-state index in [1.165, 1.54) is 11.1 Å². The van der Waals surface area contributed by atoms with Crippen molar-refractivity contribution < 1.29 is 0 Å². The van der Waals surface area contributed by atoms with E-state index in [-0.39, 0.29) is 12.4 Å². The summed E-state index contributed by atoms with van der Waals surface area (Å²) in [7, 11) is 0. The molecule has 0 atom stereocenters. The minimum Gasteiger partial charge on any atom is -0.327 e. The molecule has 0 fully saturated rings. The molecule has 0 saturated heterocycles. The predicted molar refractivity (Wildman–Crippen MR) is 56.4 cm³/mol. The first-order chi connectivity index (χ1) is 5.34. The highest BCUT2D eigenvalue weighted by atomic mass is 35.5. The monoisotopic (exact) mass is 183 g/mol. The molecule has 1 aromatic carbocycles. The van der Waals surface area contributed by atoms with Crippen LogP contribution in [0, 0.1) is 0 Å². The molecule has 1 rings (SSSR count). The maximum atomic E-state index is 5.39. The summed E-state index contributed by atoms with van der Waals surface area (Å²) in [6.45, 7) is 2.68. The third kappa shape index (κ3) is 3.07. The van der Waals surface area contributed by atoms with E-state index in [0.717, 1.165) is 0 Å². The summed E-state index contributed by atoms with van der Waals surface area (Å²) in [5.74, 6) is 0. The molecule has 0 bridgehead atoms. The van der Waals surface area contributed by atoms with Crippen molar-refractivity contribution in [1.29, 1.82) is 0 Å². The van der Waals surface area contributed by atoms with E-state index < -0.39 is 0 Å². The van der Waals surface area contributed by atoms with Crippen LogP contribution in [0.25, 0.3) is 5.57 Å². The Bertz CT molecular complexity index is 241. The van der Waals surface area contributed by atoms with Crippen LogP contribution < -0.4 is 5.73 Å². The van der Waals surface area contributed by atoms with Gasteiger partial charge in [0.05, 0.1) is 0 Å². The second-order valence-corrected chi connectivity index (χ2v) is 2.49. The van der Waals surface area contributed by atoms with Gasteiger partial charge in [0, 0.05) is 6.54 Å². The fourth-order valence-electron chi connectivity index (χ4n) is 0.996. The molecule has 1 aromatic rings. The lowest BCUT2D eigenvalue weighted by Crippen LogP contribution is -1.94. The number of nitrogens with two attached hydrogens (primary N) is 1. The van der Waals surface area contributed by atoms with E-state index in [9.17, 15) is 0 Å². The van der Waals surface area contributed by atoms with Gasteiger partial charge in [0.15, 0.2) is 0 Å². The first-order valence-electron chi connectivity index (χ1n) is 3.77. The van der Waals surface area contributed by atoms with Crippen molar-refractivity contribution >= 4 is 18.0 Å². The van der Waals surface area contributed by atoms with Gasteiger partial charge in [-0.3, -0.25) is 0 Å². The van der Waals surface area contributed by atoms with Crippen molar-refractivity contribution in [1.82, 2.24) is 0 Å². The van der Waals surface area contributed by atoms with Crippen LogP contribution in [-0.2, 0) is 0 Å². The molecule has 12 heavy (non-hydrogen) atoms. The van der Waals surface area contributed by atoms with Crippen LogP contribution in [0.2, 0.25) is 0 Å². The summed E-state index contributed by atoms with van der Waals surface area (Å²) in [4.78, 5) is 0. The summed E-state index contributed by atoms with van der Waals surface area (Å²) in [6.07, 6.45) is 2.02. The number of rotatable bonds is 2. The van der Waals surface area contributed by atoms with Crippen LogP contribution in [0.4, 0.5) is 0 Å². The average Bonchev–Trinajstić information content (AvgIpc) is 2.07. The Balaban J connectivity index is 0.00000121. The highest BCUT2D eigenvalue weighted by molar-refractivity contribution is 5.85. The molecule has 0 radical (unpaired) electrons. The predicted octanol–water partition coefficient (Wildman–Crippen LogP) is 2.47. The Hall–Kier alpha value is -0.790. The van der Waals surface area contributed by atoms with E-state index in [4.69, 9.17) is 5.73 Å².